The Labute approximate surface area is 139 Å². The number of unbranched alkanes of at least 4 members (excludes halogenated alkanes) is 2. The van der Waals surface area contributed by atoms with E-state index in [1.807, 2.05) is 23.1 Å². The van der Waals surface area contributed by atoms with Crippen LogP contribution < -0.4 is 14.8 Å². The average molecular weight is 320 g/mol. The molecule has 0 spiro atoms. The molecule has 1 N–H and O–H groups in total. The molecule has 1 unspecified atom stereocenters. The molecule has 1 heterocycles. The first kappa shape index (κ1) is 17.4. The van der Waals surface area contributed by atoms with E-state index in [9.17, 15) is 4.79 Å². The smallest absolute Gasteiger partial charge is 0.317 e. The first-order valence-corrected chi connectivity index (χ1v) is 8.47. The molecule has 1 aromatic rings. The SMILES string of the molecule is CCCCCNC(=O)N1CCCC1c1ccc(OC)cc1OC. The fraction of sp³-hybridized carbons (Fsp3) is 0.611. The fourth-order valence-electron chi connectivity index (χ4n) is 3.10. The second-order valence-electron chi connectivity index (χ2n) is 5.90. The summed E-state index contributed by atoms with van der Waals surface area (Å²) in [5.41, 5.74) is 1.05. The van der Waals surface area contributed by atoms with E-state index in [4.69, 9.17) is 9.47 Å². The molecule has 2 amide bonds. The van der Waals surface area contributed by atoms with Crippen molar-refractivity contribution < 1.29 is 14.3 Å². The predicted molar refractivity (Wildman–Crippen MR) is 91.2 cm³/mol. The van der Waals surface area contributed by atoms with Gasteiger partial charge in [-0.15, -0.1) is 0 Å². The number of rotatable bonds is 7. The molecule has 1 saturated heterocycles. The molecule has 1 fully saturated rings. The Morgan fingerprint density at radius 3 is 2.83 bits per heavy atom. The van der Waals surface area contributed by atoms with Gasteiger partial charge >= 0.3 is 6.03 Å². The van der Waals surface area contributed by atoms with Crippen LogP contribution in [0.2, 0.25) is 0 Å². The summed E-state index contributed by atoms with van der Waals surface area (Å²) in [5, 5.41) is 3.04. The van der Waals surface area contributed by atoms with E-state index in [0.717, 1.165) is 62.3 Å². The van der Waals surface area contributed by atoms with Gasteiger partial charge in [-0.1, -0.05) is 19.8 Å². The van der Waals surface area contributed by atoms with Gasteiger partial charge in [0.15, 0.2) is 0 Å². The van der Waals surface area contributed by atoms with Crippen molar-refractivity contribution in [3.63, 3.8) is 0 Å². The molecule has 5 nitrogen and oxygen atoms in total. The number of hydrogen-bond acceptors (Lipinski definition) is 3. The number of benzene rings is 1. The Bertz CT molecular complexity index is 519. The third-order valence-corrected chi connectivity index (χ3v) is 4.37. The lowest BCUT2D eigenvalue weighted by Gasteiger charge is -2.26. The average Bonchev–Trinajstić information content (AvgIpc) is 3.07. The minimum Gasteiger partial charge on any atom is -0.497 e. The monoisotopic (exact) mass is 320 g/mol. The van der Waals surface area contributed by atoms with Gasteiger partial charge in [-0.2, -0.15) is 0 Å². The van der Waals surface area contributed by atoms with Crippen LogP contribution in [0.15, 0.2) is 18.2 Å². The first-order chi connectivity index (χ1) is 11.2. The van der Waals surface area contributed by atoms with Crippen LogP contribution in [-0.4, -0.2) is 38.2 Å². The molecular weight excluding hydrogens is 292 g/mol. The van der Waals surface area contributed by atoms with Crippen molar-refractivity contribution >= 4 is 6.03 Å². The van der Waals surface area contributed by atoms with Gasteiger partial charge < -0.3 is 19.7 Å². The molecule has 5 heteroatoms. The van der Waals surface area contributed by atoms with Crippen LogP contribution in [0.1, 0.15) is 50.6 Å². The number of hydrogen-bond donors (Lipinski definition) is 1. The Morgan fingerprint density at radius 2 is 2.13 bits per heavy atom. The van der Waals surface area contributed by atoms with E-state index in [1.54, 1.807) is 14.2 Å². The molecule has 0 bridgehead atoms. The van der Waals surface area contributed by atoms with Crippen molar-refractivity contribution in [1.29, 1.82) is 0 Å². The molecular formula is C18H28N2O3. The molecule has 1 aliphatic heterocycles. The van der Waals surface area contributed by atoms with Gasteiger partial charge in [-0.05, 0) is 31.4 Å². The summed E-state index contributed by atoms with van der Waals surface area (Å²) in [6, 6.07) is 5.91. The number of carbonyl (C=O) groups is 1. The van der Waals surface area contributed by atoms with Crippen LogP contribution in [0.3, 0.4) is 0 Å². The van der Waals surface area contributed by atoms with Crippen molar-refractivity contribution in [1.82, 2.24) is 10.2 Å². The number of nitrogens with one attached hydrogen (secondary N) is 1. The van der Waals surface area contributed by atoms with Crippen molar-refractivity contribution in [3.05, 3.63) is 23.8 Å². The maximum Gasteiger partial charge on any atom is 0.317 e. The third-order valence-electron chi connectivity index (χ3n) is 4.37. The van der Waals surface area contributed by atoms with Crippen molar-refractivity contribution in [2.75, 3.05) is 27.3 Å². The van der Waals surface area contributed by atoms with E-state index in [2.05, 4.69) is 12.2 Å². The zero-order valence-corrected chi connectivity index (χ0v) is 14.4. The molecule has 23 heavy (non-hydrogen) atoms. The number of amides is 2. The van der Waals surface area contributed by atoms with Crippen LogP contribution >= 0.6 is 0 Å². The van der Waals surface area contributed by atoms with Gasteiger partial charge in [0.1, 0.15) is 11.5 Å². The fourth-order valence-corrected chi connectivity index (χ4v) is 3.10. The van der Waals surface area contributed by atoms with Gasteiger partial charge in [0, 0.05) is 24.7 Å². The number of carbonyl (C=O) groups excluding carboxylic acids is 1. The quantitative estimate of drug-likeness (QED) is 0.779. The molecule has 0 aliphatic carbocycles. The molecule has 1 aliphatic rings. The summed E-state index contributed by atoms with van der Waals surface area (Å²) in [6.07, 6.45) is 5.32. The van der Waals surface area contributed by atoms with E-state index in [-0.39, 0.29) is 12.1 Å². The molecule has 128 valence electrons. The normalized spacial score (nSPS) is 17.2. The first-order valence-electron chi connectivity index (χ1n) is 8.47. The molecule has 2 rings (SSSR count). The minimum atomic E-state index is 0.0291. The van der Waals surface area contributed by atoms with Crippen LogP contribution in [0.4, 0.5) is 4.79 Å². The van der Waals surface area contributed by atoms with Crippen molar-refractivity contribution in [2.24, 2.45) is 0 Å². The highest BCUT2D eigenvalue weighted by molar-refractivity contribution is 5.75. The Morgan fingerprint density at radius 1 is 1.30 bits per heavy atom. The van der Waals surface area contributed by atoms with E-state index in [1.165, 1.54) is 0 Å². The second kappa shape index (κ2) is 8.65. The summed E-state index contributed by atoms with van der Waals surface area (Å²) < 4.78 is 10.8. The van der Waals surface area contributed by atoms with Crippen LogP contribution in [0.25, 0.3) is 0 Å². The summed E-state index contributed by atoms with van der Waals surface area (Å²) >= 11 is 0. The number of nitrogens with zero attached hydrogens (tertiary/aromatic N) is 1. The lowest BCUT2D eigenvalue weighted by molar-refractivity contribution is 0.192. The van der Waals surface area contributed by atoms with Gasteiger partial charge in [-0.3, -0.25) is 0 Å². The summed E-state index contributed by atoms with van der Waals surface area (Å²) in [6.45, 7) is 3.70. The standard InChI is InChI=1S/C18H28N2O3/c1-4-5-6-11-19-18(21)20-12-7-8-16(20)15-10-9-14(22-2)13-17(15)23-3/h9-10,13,16H,4-8,11-12H2,1-3H3,(H,19,21). The predicted octanol–water partition coefficient (Wildman–Crippen LogP) is 3.74. The largest absolute Gasteiger partial charge is 0.497 e. The molecule has 1 aromatic carbocycles. The number of likely N-dealkylation sites (tertiary alicyclic amines) is 1. The molecule has 1 atom stereocenters. The van der Waals surface area contributed by atoms with Gasteiger partial charge in [0.05, 0.1) is 20.3 Å². The number of ether oxygens (including phenoxy) is 2. The van der Waals surface area contributed by atoms with Crippen molar-refractivity contribution in [3.8, 4) is 11.5 Å². The lowest BCUT2D eigenvalue weighted by atomic mass is 10.0. The highest BCUT2D eigenvalue weighted by Gasteiger charge is 2.31. The summed E-state index contributed by atoms with van der Waals surface area (Å²) in [4.78, 5) is 14.4. The van der Waals surface area contributed by atoms with E-state index < -0.39 is 0 Å². The minimum absolute atomic E-state index is 0.0291. The van der Waals surface area contributed by atoms with Crippen LogP contribution in [0.5, 0.6) is 11.5 Å². The Kier molecular flexibility index (Phi) is 6.56. The Balaban J connectivity index is 2.07. The Hall–Kier alpha value is -1.91. The summed E-state index contributed by atoms with van der Waals surface area (Å²) in [7, 11) is 3.29. The lowest BCUT2D eigenvalue weighted by Crippen LogP contribution is -2.39. The highest BCUT2D eigenvalue weighted by Crippen LogP contribution is 2.38. The topological polar surface area (TPSA) is 50.8 Å². The molecule has 0 aromatic heterocycles. The van der Waals surface area contributed by atoms with Crippen LogP contribution in [-0.2, 0) is 0 Å². The maximum atomic E-state index is 12.5. The third kappa shape index (κ3) is 4.30. The molecule has 0 saturated carbocycles. The zero-order chi connectivity index (χ0) is 16.7. The maximum absolute atomic E-state index is 12.5. The van der Waals surface area contributed by atoms with Gasteiger partial charge in [-0.25, -0.2) is 4.79 Å². The zero-order valence-electron chi connectivity index (χ0n) is 14.4. The number of urea groups is 1. The van der Waals surface area contributed by atoms with Gasteiger partial charge in [0.25, 0.3) is 0 Å². The number of methoxy groups -OCH3 is 2. The van der Waals surface area contributed by atoms with Gasteiger partial charge in [0.2, 0.25) is 0 Å². The summed E-state index contributed by atoms with van der Waals surface area (Å²) in [5.74, 6) is 1.54. The van der Waals surface area contributed by atoms with E-state index in [0.29, 0.717) is 0 Å². The van der Waals surface area contributed by atoms with Crippen molar-refractivity contribution in [2.45, 2.75) is 45.1 Å². The second-order valence-corrected chi connectivity index (χ2v) is 5.90. The molecule has 0 radical (unpaired) electrons. The van der Waals surface area contributed by atoms with E-state index >= 15 is 0 Å². The highest BCUT2D eigenvalue weighted by atomic mass is 16.5. The van der Waals surface area contributed by atoms with Crippen LogP contribution in [0, 0.1) is 0 Å².